The van der Waals surface area contributed by atoms with Gasteiger partial charge in [-0.3, -0.25) is 4.79 Å². The number of ether oxygens (including phenoxy) is 1. The third kappa shape index (κ3) is 5.40. The second kappa shape index (κ2) is 8.02. The van der Waals surface area contributed by atoms with E-state index in [-0.39, 0.29) is 23.7 Å². The van der Waals surface area contributed by atoms with E-state index in [9.17, 15) is 4.79 Å². The van der Waals surface area contributed by atoms with Gasteiger partial charge in [-0.15, -0.1) is 12.4 Å². The van der Waals surface area contributed by atoms with E-state index in [4.69, 9.17) is 10.5 Å². The molecular weight excluding hydrogens is 312 g/mol. The Hall–Kier alpha value is -1.26. The van der Waals surface area contributed by atoms with Crippen LogP contribution in [-0.4, -0.2) is 24.6 Å². The van der Waals surface area contributed by atoms with Crippen molar-refractivity contribution in [3.05, 3.63) is 29.8 Å². The molecule has 0 bridgehead atoms. The maximum absolute atomic E-state index is 12.0. The zero-order valence-corrected chi connectivity index (χ0v) is 15.2. The van der Waals surface area contributed by atoms with Crippen molar-refractivity contribution in [2.75, 3.05) is 13.2 Å². The van der Waals surface area contributed by atoms with Crippen LogP contribution in [0.5, 0.6) is 5.75 Å². The minimum atomic E-state index is -0.658. The number of benzene rings is 1. The van der Waals surface area contributed by atoms with Crippen molar-refractivity contribution < 1.29 is 9.53 Å². The van der Waals surface area contributed by atoms with E-state index in [0.29, 0.717) is 13.2 Å². The second-order valence-electron chi connectivity index (χ2n) is 7.24. The minimum Gasteiger partial charge on any atom is -0.492 e. The highest BCUT2D eigenvalue weighted by Gasteiger charge is 2.36. The average molecular weight is 341 g/mol. The smallest absolute Gasteiger partial charge is 0.240 e. The Labute approximate surface area is 145 Å². The normalized spacial score (nSPS) is 16.5. The number of rotatable bonds is 5. The molecule has 1 aromatic rings. The van der Waals surface area contributed by atoms with Gasteiger partial charge >= 0.3 is 0 Å². The predicted molar refractivity (Wildman–Crippen MR) is 96.3 cm³/mol. The summed E-state index contributed by atoms with van der Waals surface area (Å²) in [4.78, 5) is 12.0. The summed E-state index contributed by atoms with van der Waals surface area (Å²) in [7, 11) is 0. The molecule has 23 heavy (non-hydrogen) atoms. The van der Waals surface area contributed by atoms with Crippen LogP contribution >= 0.6 is 12.4 Å². The second-order valence-corrected chi connectivity index (χ2v) is 7.24. The Morgan fingerprint density at radius 1 is 1.22 bits per heavy atom. The first-order chi connectivity index (χ1) is 10.3. The van der Waals surface area contributed by atoms with Crippen molar-refractivity contribution in [3.63, 3.8) is 0 Å². The zero-order chi connectivity index (χ0) is 16.2. The molecule has 1 fully saturated rings. The topological polar surface area (TPSA) is 64.3 Å². The van der Waals surface area contributed by atoms with E-state index >= 15 is 0 Å². The third-order valence-corrected chi connectivity index (χ3v) is 4.32. The lowest BCUT2D eigenvalue weighted by molar-refractivity contribution is -0.126. The summed E-state index contributed by atoms with van der Waals surface area (Å²) in [5, 5.41) is 2.88. The number of nitrogens with two attached hydrogens (primary N) is 1. The van der Waals surface area contributed by atoms with Crippen LogP contribution in [0.3, 0.4) is 0 Å². The summed E-state index contributed by atoms with van der Waals surface area (Å²) < 4.78 is 5.66. The molecule has 1 aliphatic rings. The van der Waals surface area contributed by atoms with E-state index in [1.165, 1.54) is 5.56 Å². The molecule has 0 saturated heterocycles. The fraction of sp³-hybridized carbons (Fsp3) is 0.611. The van der Waals surface area contributed by atoms with Crippen LogP contribution < -0.4 is 15.8 Å². The highest BCUT2D eigenvalue weighted by molar-refractivity contribution is 5.86. The molecule has 5 heteroatoms. The average Bonchev–Trinajstić information content (AvgIpc) is 2.91. The van der Waals surface area contributed by atoms with Crippen molar-refractivity contribution in [2.24, 2.45) is 5.73 Å². The van der Waals surface area contributed by atoms with Crippen molar-refractivity contribution >= 4 is 18.3 Å². The van der Waals surface area contributed by atoms with Crippen molar-refractivity contribution in [1.29, 1.82) is 0 Å². The maximum Gasteiger partial charge on any atom is 0.240 e. The molecule has 0 spiro atoms. The molecular formula is C18H29ClN2O2. The van der Waals surface area contributed by atoms with Crippen LogP contribution in [0.2, 0.25) is 0 Å². The zero-order valence-electron chi connectivity index (χ0n) is 14.4. The summed E-state index contributed by atoms with van der Waals surface area (Å²) in [6, 6.07) is 8.12. The van der Waals surface area contributed by atoms with Crippen LogP contribution in [0.25, 0.3) is 0 Å². The summed E-state index contributed by atoms with van der Waals surface area (Å²) in [6.07, 6.45) is 3.66. The van der Waals surface area contributed by atoms with Crippen LogP contribution in [-0.2, 0) is 10.2 Å². The SMILES string of the molecule is CC(C)(C)c1ccc(OCCNC(=O)C2(N)CCCC2)cc1.Cl. The summed E-state index contributed by atoms with van der Waals surface area (Å²) >= 11 is 0. The van der Waals surface area contributed by atoms with Gasteiger partial charge in [0.1, 0.15) is 12.4 Å². The minimum absolute atomic E-state index is 0. The van der Waals surface area contributed by atoms with Gasteiger partial charge in [-0.25, -0.2) is 0 Å². The summed E-state index contributed by atoms with van der Waals surface area (Å²) in [5.41, 5.74) is 6.86. The number of amides is 1. The molecule has 3 N–H and O–H groups in total. The largest absolute Gasteiger partial charge is 0.492 e. The Kier molecular flexibility index (Phi) is 6.90. The van der Waals surface area contributed by atoms with Gasteiger partial charge in [-0.1, -0.05) is 45.7 Å². The first kappa shape index (κ1) is 19.8. The lowest BCUT2D eigenvalue weighted by atomic mass is 9.87. The van der Waals surface area contributed by atoms with Gasteiger partial charge in [-0.2, -0.15) is 0 Å². The quantitative estimate of drug-likeness (QED) is 0.809. The highest BCUT2D eigenvalue weighted by atomic mass is 35.5. The number of hydrogen-bond donors (Lipinski definition) is 2. The van der Waals surface area contributed by atoms with E-state index in [0.717, 1.165) is 31.4 Å². The molecule has 0 aliphatic heterocycles. The van der Waals surface area contributed by atoms with E-state index in [1.54, 1.807) is 0 Å². The lowest BCUT2D eigenvalue weighted by Crippen LogP contribution is -2.52. The first-order valence-corrected chi connectivity index (χ1v) is 8.12. The molecule has 1 aliphatic carbocycles. The van der Waals surface area contributed by atoms with Gasteiger partial charge in [0, 0.05) is 0 Å². The molecule has 2 rings (SSSR count). The van der Waals surface area contributed by atoms with Crippen molar-refractivity contribution in [2.45, 2.75) is 57.4 Å². The third-order valence-electron chi connectivity index (χ3n) is 4.32. The van der Waals surface area contributed by atoms with Crippen LogP contribution in [0.1, 0.15) is 52.0 Å². The predicted octanol–water partition coefficient (Wildman–Crippen LogP) is 3.17. The van der Waals surface area contributed by atoms with Crippen LogP contribution in [0.4, 0.5) is 0 Å². The molecule has 0 unspecified atom stereocenters. The molecule has 4 nitrogen and oxygen atoms in total. The Morgan fingerprint density at radius 2 is 1.78 bits per heavy atom. The summed E-state index contributed by atoms with van der Waals surface area (Å²) in [6.45, 7) is 7.49. The molecule has 130 valence electrons. The maximum atomic E-state index is 12.0. The standard InChI is InChI=1S/C18H28N2O2.ClH/c1-17(2,3)14-6-8-15(9-7-14)22-13-12-20-16(21)18(19)10-4-5-11-18;/h6-9H,4-5,10-13,19H2,1-3H3,(H,20,21);1H. The van der Waals surface area contributed by atoms with Gasteiger partial charge in [0.25, 0.3) is 0 Å². The fourth-order valence-corrected chi connectivity index (χ4v) is 2.79. The number of carbonyl (C=O) groups is 1. The van der Waals surface area contributed by atoms with Crippen molar-refractivity contribution in [1.82, 2.24) is 5.32 Å². The van der Waals surface area contributed by atoms with Gasteiger partial charge in [0.05, 0.1) is 12.1 Å². The van der Waals surface area contributed by atoms with Crippen LogP contribution in [0, 0.1) is 0 Å². The molecule has 1 aromatic carbocycles. The molecule has 0 atom stereocenters. The van der Waals surface area contributed by atoms with E-state index in [2.05, 4.69) is 38.2 Å². The monoisotopic (exact) mass is 340 g/mol. The van der Waals surface area contributed by atoms with Crippen molar-refractivity contribution in [3.8, 4) is 5.75 Å². The molecule has 0 radical (unpaired) electrons. The molecule has 0 heterocycles. The van der Waals surface area contributed by atoms with Crippen LogP contribution in [0.15, 0.2) is 24.3 Å². The number of nitrogens with one attached hydrogen (secondary N) is 1. The van der Waals surface area contributed by atoms with E-state index in [1.807, 2.05) is 12.1 Å². The van der Waals surface area contributed by atoms with Gasteiger partial charge in [0.15, 0.2) is 0 Å². The Morgan fingerprint density at radius 3 is 2.30 bits per heavy atom. The first-order valence-electron chi connectivity index (χ1n) is 8.12. The number of carbonyl (C=O) groups excluding carboxylic acids is 1. The highest BCUT2D eigenvalue weighted by Crippen LogP contribution is 2.27. The Balaban J connectivity index is 0.00000264. The lowest BCUT2D eigenvalue weighted by Gasteiger charge is -2.22. The molecule has 1 amide bonds. The fourth-order valence-electron chi connectivity index (χ4n) is 2.79. The van der Waals surface area contributed by atoms with Gasteiger partial charge < -0.3 is 15.8 Å². The number of hydrogen-bond acceptors (Lipinski definition) is 3. The van der Waals surface area contributed by atoms with Gasteiger partial charge in [-0.05, 0) is 36.0 Å². The summed E-state index contributed by atoms with van der Waals surface area (Å²) in [5.74, 6) is 0.780. The Bertz CT molecular complexity index is 503. The molecule has 0 aromatic heterocycles. The van der Waals surface area contributed by atoms with E-state index < -0.39 is 5.54 Å². The van der Waals surface area contributed by atoms with Gasteiger partial charge in [0.2, 0.25) is 5.91 Å². The number of halogens is 1. The molecule has 1 saturated carbocycles.